The summed E-state index contributed by atoms with van der Waals surface area (Å²) in [5, 5.41) is 3.75. The lowest BCUT2D eigenvalue weighted by molar-refractivity contribution is 0.698. The fourth-order valence-electron chi connectivity index (χ4n) is 4.49. The average molecular weight is 388 g/mol. The zero-order chi connectivity index (χ0) is 21.0. The van der Waals surface area contributed by atoms with Crippen LogP contribution in [0.3, 0.4) is 0 Å². The van der Waals surface area contributed by atoms with Gasteiger partial charge in [0.05, 0.1) is 5.69 Å². The Bertz CT molecular complexity index is 919. The highest BCUT2D eigenvalue weighted by molar-refractivity contribution is 6.67. The number of nitrogens with two attached hydrogens (primary N) is 2. The Kier molecular flexibility index (Phi) is 6.94. The molecule has 1 aromatic heterocycles. The van der Waals surface area contributed by atoms with Crippen LogP contribution < -0.4 is 16.8 Å². The van der Waals surface area contributed by atoms with Crippen LogP contribution in [-0.2, 0) is 32.3 Å². The molecule has 1 aromatic carbocycles. The van der Waals surface area contributed by atoms with Gasteiger partial charge in [-0.25, -0.2) is 0 Å². The van der Waals surface area contributed by atoms with E-state index in [4.69, 9.17) is 11.5 Å². The van der Waals surface area contributed by atoms with E-state index < -0.39 is 0 Å². The zero-order valence-corrected chi connectivity index (χ0v) is 18.0. The molecule has 29 heavy (non-hydrogen) atoms. The predicted molar refractivity (Wildman–Crippen MR) is 124 cm³/mol. The number of pyridine rings is 1. The van der Waals surface area contributed by atoms with Crippen molar-refractivity contribution in [2.24, 2.45) is 11.5 Å². The van der Waals surface area contributed by atoms with Crippen molar-refractivity contribution in [3.8, 4) is 0 Å². The van der Waals surface area contributed by atoms with Gasteiger partial charge in [-0.1, -0.05) is 56.2 Å². The average Bonchev–Trinajstić information content (AvgIpc) is 3.13. The van der Waals surface area contributed by atoms with Gasteiger partial charge in [-0.2, -0.15) is 0 Å². The highest BCUT2D eigenvalue weighted by Crippen LogP contribution is 2.31. The third-order valence-electron chi connectivity index (χ3n) is 5.84. The Labute approximate surface area is 175 Å². The van der Waals surface area contributed by atoms with Crippen LogP contribution >= 0.6 is 0 Å². The van der Waals surface area contributed by atoms with E-state index in [1.165, 1.54) is 28.0 Å². The summed E-state index contributed by atoms with van der Waals surface area (Å²) in [5.41, 5.74) is 21.4. The maximum Gasteiger partial charge on any atom is 0.199 e. The van der Waals surface area contributed by atoms with E-state index in [0.717, 1.165) is 36.0 Å². The van der Waals surface area contributed by atoms with Crippen molar-refractivity contribution in [2.45, 2.75) is 59.0 Å². The molecule has 4 rings (SSSR count). The van der Waals surface area contributed by atoms with E-state index in [1.807, 2.05) is 20.0 Å². The zero-order valence-electron chi connectivity index (χ0n) is 18.0. The topological polar surface area (TPSA) is 77.0 Å². The lowest BCUT2D eigenvalue weighted by Crippen LogP contribution is -2.42. The third kappa shape index (κ3) is 4.46. The number of fused-ring (bicyclic) bond motifs is 2. The molecule has 0 spiro atoms. The van der Waals surface area contributed by atoms with Crippen molar-refractivity contribution in [3.05, 3.63) is 82.2 Å². The van der Waals surface area contributed by atoms with Crippen LogP contribution in [0.2, 0.25) is 0 Å². The summed E-state index contributed by atoms with van der Waals surface area (Å²) in [6.45, 7) is 11.7. The molecule has 2 aromatic rings. The molecule has 0 aliphatic carbocycles. The van der Waals surface area contributed by atoms with Crippen LogP contribution in [0.15, 0.2) is 48.7 Å². The van der Waals surface area contributed by atoms with E-state index in [-0.39, 0.29) is 0 Å². The van der Waals surface area contributed by atoms with Gasteiger partial charge in [0, 0.05) is 37.3 Å². The van der Waals surface area contributed by atoms with Crippen LogP contribution in [0, 0.1) is 0 Å². The van der Waals surface area contributed by atoms with Crippen molar-refractivity contribution in [1.82, 2.24) is 10.3 Å². The molecule has 0 saturated carbocycles. The molecule has 152 valence electrons. The van der Waals surface area contributed by atoms with Crippen LogP contribution in [0.5, 0.6) is 0 Å². The minimum Gasteiger partial charge on any atom is -0.393 e. The summed E-state index contributed by atoms with van der Waals surface area (Å²) >= 11 is 0. The molecular weight excluding hydrogens is 355 g/mol. The van der Waals surface area contributed by atoms with Crippen LogP contribution in [-0.4, -0.2) is 17.6 Å². The van der Waals surface area contributed by atoms with Gasteiger partial charge in [0.15, 0.2) is 6.71 Å². The van der Waals surface area contributed by atoms with Gasteiger partial charge < -0.3 is 16.8 Å². The first-order chi connectivity index (χ1) is 14.1. The molecule has 0 radical (unpaired) electrons. The van der Waals surface area contributed by atoms with Crippen molar-refractivity contribution < 1.29 is 0 Å². The first kappa shape index (κ1) is 21.3. The van der Waals surface area contributed by atoms with Gasteiger partial charge in [0.1, 0.15) is 0 Å². The Hall–Kier alpha value is -2.37. The first-order valence-corrected chi connectivity index (χ1v) is 10.7. The second-order valence-electron chi connectivity index (χ2n) is 7.77. The number of hydrogen-bond donors (Lipinski definition) is 3. The summed E-state index contributed by atoms with van der Waals surface area (Å²) in [6, 6.07) is 8.77. The highest BCUT2D eigenvalue weighted by Gasteiger charge is 2.35. The van der Waals surface area contributed by atoms with Crippen molar-refractivity contribution in [1.29, 1.82) is 0 Å². The molecule has 0 amide bonds. The summed E-state index contributed by atoms with van der Waals surface area (Å²) in [5.74, 6) is 2.90. The Morgan fingerprint density at radius 1 is 1.28 bits per heavy atom. The summed E-state index contributed by atoms with van der Waals surface area (Å²) in [6.07, 6.45) is 4.94. The van der Waals surface area contributed by atoms with Crippen LogP contribution in [0.4, 0.5) is 0 Å². The normalized spacial score (nSPS) is 16.8. The third-order valence-corrected chi connectivity index (χ3v) is 5.84. The standard InChI is InChI=1S/C22H27BN4.C2H6/c1-14(2)19-5-3-4-16-8-22-23(10-20(16)19)9-18(27-22)7-15-6-17(11-24)21(12-25)26-13-15;1-2/h3-6,9,13,22,27H,1,7-8,10-12,24-25H2,2H3;1-2H3. The molecule has 2 aliphatic heterocycles. The molecule has 0 fully saturated rings. The van der Waals surface area contributed by atoms with Gasteiger partial charge in [0.2, 0.25) is 0 Å². The lowest BCUT2D eigenvalue weighted by atomic mass is 9.39. The smallest absolute Gasteiger partial charge is 0.199 e. The van der Waals surface area contributed by atoms with E-state index in [1.54, 1.807) is 0 Å². The molecule has 3 heterocycles. The molecule has 1 unspecified atom stereocenters. The summed E-state index contributed by atoms with van der Waals surface area (Å²) in [7, 11) is 0. The monoisotopic (exact) mass is 388 g/mol. The molecule has 0 bridgehead atoms. The van der Waals surface area contributed by atoms with Crippen LogP contribution in [0.1, 0.15) is 54.3 Å². The number of benzene rings is 1. The second kappa shape index (κ2) is 9.42. The SMILES string of the molecule is C=C(C)c1cccc2c1CB1C=C(Cc3cnc(CN)c(CN)c3)NC1C2.CC. The second-order valence-corrected chi connectivity index (χ2v) is 7.77. The predicted octanol–water partition coefficient (Wildman–Crippen LogP) is 3.37. The first-order valence-electron chi connectivity index (χ1n) is 10.7. The Morgan fingerprint density at radius 3 is 2.76 bits per heavy atom. The molecule has 4 nitrogen and oxygen atoms in total. The number of nitrogens with one attached hydrogen (secondary N) is 1. The van der Waals surface area contributed by atoms with Crippen molar-refractivity contribution in [2.75, 3.05) is 0 Å². The Balaban J connectivity index is 0.00000117. The fourth-order valence-corrected chi connectivity index (χ4v) is 4.49. The number of nitrogens with zero attached hydrogens (tertiary/aromatic N) is 1. The Morgan fingerprint density at radius 2 is 2.07 bits per heavy atom. The molecule has 0 saturated heterocycles. The van der Waals surface area contributed by atoms with E-state index in [9.17, 15) is 0 Å². The molecule has 1 atom stereocenters. The fraction of sp³-hybridized carbons (Fsp3) is 0.375. The molecule has 5 heteroatoms. The number of rotatable bonds is 5. The number of allylic oxidation sites excluding steroid dienone is 2. The maximum atomic E-state index is 5.85. The molecule has 5 N–H and O–H groups in total. The van der Waals surface area contributed by atoms with Gasteiger partial charge >= 0.3 is 0 Å². The van der Waals surface area contributed by atoms with Crippen molar-refractivity contribution >= 4 is 12.3 Å². The summed E-state index contributed by atoms with van der Waals surface area (Å²) < 4.78 is 0. The van der Waals surface area contributed by atoms with E-state index >= 15 is 0 Å². The van der Waals surface area contributed by atoms with E-state index in [0.29, 0.717) is 25.7 Å². The summed E-state index contributed by atoms with van der Waals surface area (Å²) in [4.78, 5) is 4.49. The van der Waals surface area contributed by atoms with Gasteiger partial charge in [-0.05, 0) is 47.5 Å². The minimum atomic E-state index is 0.432. The molecular formula is C24H33BN4. The van der Waals surface area contributed by atoms with Gasteiger partial charge in [-0.3, -0.25) is 4.98 Å². The largest absolute Gasteiger partial charge is 0.393 e. The van der Waals surface area contributed by atoms with Crippen LogP contribution in [0.25, 0.3) is 5.57 Å². The number of hydrogen-bond acceptors (Lipinski definition) is 4. The maximum absolute atomic E-state index is 5.85. The van der Waals surface area contributed by atoms with E-state index in [2.05, 4.69) is 54.0 Å². The lowest BCUT2D eigenvalue weighted by Gasteiger charge is -2.28. The van der Waals surface area contributed by atoms with Crippen molar-refractivity contribution in [3.63, 3.8) is 0 Å². The minimum absolute atomic E-state index is 0.432. The number of aromatic nitrogens is 1. The quantitative estimate of drug-likeness (QED) is 0.687. The van der Waals surface area contributed by atoms with Gasteiger partial charge in [-0.15, -0.1) is 0 Å². The highest BCUT2D eigenvalue weighted by atomic mass is 14.9. The molecule has 2 aliphatic rings. The van der Waals surface area contributed by atoms with Gasteiger partial charge in [0.25, 0.3) is 0 Å².